The summed E-state index contributed by atoms with van der Waals surface area (Å²) in [5.41, 5.74) is 0.781. The van der Waals surface area contributed by atoms with Crippen molar-refractivity contribution in [1.29, 1.82) is 0 Å². The first-order chi connectivity index (χ1) is 7.78. The average molecular weight is 300 g/mol. The summed E-state index contributed by atoms with van der Waals surface area (Å²) in [6.07, 6.45) is 0. The van der Waals surface area contributed by atoms with Crippen LogP contribution in [0.2, 0.25) is 0 Å². The molecule has 0 aliphatic heterocycles. The molecule has 0 radical (unpaired) electrons. The fourth-order valence-electron chi connectivity index (χ4n) is 1.33. The van der Waals surface area contributed by atoms with Crippen LogP contribution < -0.4 is 10.1 Å². The molecule has 1 aromatic rings. The molecule has 0 spiro atoms. The lowest BCUT2D eigenvalue weighted by Gasteiger charge is -2.20. The Hall–Kier alpha value is -1.03. The van der Waals surface area contributed by atoms with E-state index in [1.807, 2.05) is 45.9 Å². The normalized spacial score (nSPS) is 11.1. The fraction of sp³-hybridized carbons (Fsp3) is 0.462. The number of benzene rings is 1. The van der Waals surface area contributed by atoms with Gasteiger partial charge in [0, 0.05) is 10.0 Å². The van der Waals surface area contributed by atoms with Crippen LogP contribution >= 0.6 is 15.9 Å². The summed E-state index contributed by atoms with van der Waals surface area (Å²) in [6.45, 7) is 7.80. The Balaban J connectivity index is 2.56. The molecule has 94 valence electrons. The third kappa shape index (κ3) is 5.22. The van der Waals surface area contributed by atoms with Gasteiger partial charge < -0.3 is 10.1 Å². The number of nitrogens with one attached hydrogen (secondary N) is 1. The maximum absolute atomic E-state index is 11.6. The van der Waals surface area contributed by atoms with Gasteiger partial charge in [0.2, 0.25) is 0 Å². The third-order valence-electron chi connectivity index (χ3n) is 2.02. The molecular weight excluding hydrogens is 282 g/mol. The van der Waals surface area contributed by atoms with Crippen molar-refractivity contribution in [3.8, 4) is 5.75 Å². The van der Waals surface area contributed by atoms with E-state index in [0.29, 0.717) is 0 Å². The van der Waals surface area contributed by atoms with Gasteiger partial charge in [-0.15, -0.1) is 0 Å². The Morgan fingerprint density at radius 2 is 2.06 bits per heavy atom. The summed E-state index contributed by atoms with van der Waals surface area (Å²) in [4.78, 5) is 11.6. The lowest BCUT2D eigenvalue weighted by molar-refractivity contribution is -0.124. The number of amides is 1. The summed E-state index contributed by atoms with van der Waals surface area (Å²) in [5.74, 6) is 0.611. The predicted molar refractivity (Wildman–Crippen MR) is 72.3 cm³/mol. The molecule has 1 aromatic carbocycles. The number of halogens is 1. The Morgan fingerprint density at radius 3 is 2.65 bits per heavy atom. The SMILES string of the molecule is Cc1ccc(Br)cc1OCC(=O)NC(C)(C)C. The van der Waals surface area contributed by atoms with Gasteiger partial charge in [-0.2, -0.15) is 0 Å². The molecule has 1 rings (SSSR count). The zero-order valence-corrected chi connectivity index (χ0v) is 12.2. The number of carbonyl (C=O) groups is 1. The Morgan fingerprint density at radius 1 is 1.41 bits per heavy atom. The van der Waals surface area contributed by atoms with Crippen LogP contribution in [0.3, 0.4) is 0 Å². The maximum Gasteiger partial charge on any atom is 0.258 e. The Bertz CT molecular complexity index is 410. The maximum atomic E-state index is 11.6. The van der Waals surface area contributed by atoms with E-state index in [1.165, 1.54) is 0 Å². The minimum atomic E-state index is -0.229. The average Bonchev–Trinajstić information content (AvgIpc) is 2.17. The first-order valence-corrected chi connectivity index (χ1v) is 6.27. The zero-order chi connectivity index (χ0) is 13.1. The molecular formula is C13H18BrNO2. The number of ether oxygens (including phenoxy) is 1. The first-order valence-electron chi connectivity index (χ1n) is 5.48. The highest BCUT2D eigenvalue weighted by atomic mass is 79.9. The second-order valence-corrected chi connectivity index (χ2v) is 5.91. The highest BCUT2D eigenvalue weighted by molar-refractivity contribution is 9.10. The van der Waals surface area contributed by atoms with Gasteiger partial charge in [-0.1, -0.05) is 22.0 Å². The van der Waals surface area contributed by atoms with Crippen LogP contribution in [0.15, 0.2) is 22.7 Å². The van der Waals surface area contributed by atoms with Crippen LogP contribution in [0.25, 0.3) is 0 Å². The molecule has 0 bridgehead atoms. The van der Waals surface area contributed by atoms with Crippen LogP contribution in [0.4, 0.5) is 0 Å². The van der Waals surface area contributed by atoms with Crippen molar-refractivity contribution in [3.05, 3.63) is 28.2 Å². The van der Waals surface area contributed by atoms with Crippen LogP contribution in [0.1, 0.15) is 26.3 Å². The number of hydrogen-bond acceptors (Lipinski definition) is 2. The minimum Gasteiger partial charge on any atom is -0.483 e. The fourth-order valence-corrected chi connectivity index (χ4v) is 1.67. The van der Waals surface area contributed by atoms with Gasteiger partial charge in [-0.05, 0) is 45.4 Å². The second-order valence-electron chi connectivity index (χ2n) is 5.00. The third-order valence-corrected chi connectivity index (χ3v) is 2.52. The summed E-state index contributed by atoms with van der Waals surface area (Å²) >= 11 is 3.37. The molecule has 0 unspecified atom stereocenters. The van der Waals surface area contributed by atoms with E-state index in [9.17, 15) is 4.79 Å². The Kier molecular flexibility index (Phi) is 4.57. The quantitative estimate of drug-likeness (QED) is 0.931. The monoisotopic (exact) mass is 299 g/mol. The van der Waals surface area contributed by atoms with E-state index in [-0.39, 0.29) is 18.1 Å². The molecule has 1 N–H and O–H groups in total. The van der Waals surface area contributed by atoms with Crippen LogP contribution in [0, 0.1) is 6.92 Å². The van der Waals surface area contributed by atoms with Gasteiger partial charge in [0.1, 0.15) is 5.75 Å². The van der Waals surface area contributed by atoms with Crippen molar-refractivity contribution < 1.29 is 9.53 Å². The molecule has 1 amide bonds. The molecule has 0 saturated carbocycles. The summed E-state index contributed by atoms with van der Waals surface area (Å²) < 4.78 is 6.42. The number of aryl methyl sites for hydroxylation is 1. The van der Waals surface area contributed by atoms with E-state index in [4.69, 9.17) is 4.74 Å². The van der Waals surface area contributed by atoms with E-state index >= 15 is 0 Å². The highest BCUT2D eigenvalue weighted by Crippen LogP contribution is 2.22. The molecule has 4 heteroatoms. The minimum absolute atomic E-state index is 0.0363. The van der Waals surface area contributed by atoms with Crippen molar-refractivity contribution in [2.24, 2.45) is 0 Å². The van der Waals surface area contributed by atoms with E-state index in [0.717, 1.165) is 15.8 Å². The zero-order valence-electron chi connectivity index (χ0n) is 10.6. The van der Waals surface area contributed by atoms with Crippen molar-refractivity contribution >= 4 is 21.8 Å². The van der Waals surface area contributed by atoms with Gasteiger partial charge in [-0.3, -0.25) is 4.79 Å². The van der Waals surface area contributed by atoms with Crippen molar-refractivity contribution in [2.45, 2.75) is 33.2 Å². The summed E-state index contributed by atoms with van der Waals surface area (Å²) in [7, 11) is 0. The van der Waals surface area contributed by atoms with Crippen LogP contribution in [0.5, 0.6) is 5.75 Å². The van der Waals surface area contributed by atoms with Crippen molar-refractivity contribution in [1.82, 2.24) is 5.32 Å². The van der Waals surface area contributed by atoms with Gasteiger partial charge in [0.05, 0.1) is 0 Å². The highest BCUT2D eigenvalue weighted by Gasteiger charge is 2.14. The standard InChI is InChI=1S/C13H18BrNO2/c1-9-5-6-10(14)7-11(9)17-8-12(16)15-13(2,3)4/h5-7H,8H2,1-4H3,(H,15,16). The summed E-state index contributed by atoms with van der Waals surface area (Å²) in [5, 5.41) is 2.85. The summed E-state index contributed by atoms with van der Waals surface area (Å²) in [6, 6.07) is 5.75. The van der Waals surface area contributed by atoms with Crippen LogP contribution in [-0.4, -0.2) is 18.1 Å². The largest absolute Gasteiger partial charge is 0.483 e. The number of rotatable bonds is 3. The second kappa shape index (κ2) is 5.54. The molecule has 0 heterocycles. The van der Waals surface area contributed by atoms with Gasteiger partial charge in [-0.25, -0.2) is 0 Å². The molecule has 0 aromatic heterocycles. The molecule has 0 saturated heterocycles. The predicted octanol–water partition coefficient (Wildman–Crippen LogP) is 3.05. The lowest BCUT2D eigenvalue weighted by Crippen LogP contribution is -2.43. The van der Waals surface area contributed by atoms with E-state index < -0.39 is 0 Å². The van der Waals surface area contributed by atoms with E-state index in [1.54, 1.807) is 0 Å². The van der Waals surface area contributed by atoms with Crippen LogP contribution in [-0.2, 0) is 4.79 Å². The first kappa shape index (κ1) is 14.0. The van der Waals surface area contributed by atoms with Crippen molar-refractivity contribution in [3.63, 3.8) is 0 Å². The molecule has 3 nitrogen and oxygen atoms in total. The van der Waals surface area contributed by atoms with Crippen molar-refractivity contribution in [2.75, 3.05) is 6.61 Å². The lowest BCUT2D eigenvalue weighted by atomic mass is 10.1. The molecule has 0 fully saturated rings. The van der Waals surface area contributed by atoms with Gasteiger partial charge >= 0.3 is 0 Å². The molecule has 17 heavy (non-hydrogen) atoms. The van der Waals surface area contributed by atoms with Gasteiger partial charge in [0.25, 0.3) is 5.91 Å². The Labute approximate surface area is 111 Å². The topological polar surface area (TPSA) is 38.3 Å². The van der Waals surface area contributed by atoms with E-state index in [2.05, 4.69) is 21.2 Å². The van der Waals surface area contributed by atoms with Gasteiger partial charge in [0.15, 0.2) is 6.61 Å². The molecule has 0 atom stereocenters. The number of hydrogen-bond donors (Lipinski definition) is 1. The number of carbonyl (C=O) groups excluding carboxylic acids is 1. The smallest absolute Gasteiger partial charge is 0.258 e. The molecule has 0 aliphatic rings. The molecule has 0 aliphatic carbocycles.